The molecule has 1 heterocycles. The minimum Gasteiger partial charge on any atom is -0.481 e. The van der Waals surface area contributed by atoms with Crippen LogP contribution >= 0.6 is 11.8 Å². The lowest BCUT2D eigenvalue weighted by molar-refractivity contribution is -0.152. The molecule has 1 aliphatic rings. The summed E-state index contributed by atoms with van der Waals surface area (Å²) >= 11 is 1.71. The van der Waals surface area contributed by atoms with E-state index in [0.29, 0.717) is 25.9 Å². The Morgan fingerprint density at radius 3 is 2.67 bits per heavy atom. The molecule has 1 fully saturated rings. The molecule has 1 rings (SSSR count). The van der Waals surface area contributed by atoms with E-state index >= 15 is 0 Å². The largest absolute Gasteiger partial charge is 0.481 e. The topological polar surface area (TPSA) is 69.6 Å². The molecule has 0 saturated carbocycles. The molecule has 0 radical (unpaired) electrons. The van der Waals surface area contributed by atoms with Gasteiger partial charge in [-0.3, -0.25) is 4.79 Å². The van der Waals surface area contributed by atoms with Gasteiger partial charge in [0.25, 0.3) is 0 Å². The van der Waals surface area contributed by atoms with Gasteiger partial charge in [-0.1, -0.05) is 20.3 Å². The average molecular weight is 316 g/mol. The molecule has 2 atom stereocenters. The van der Waals surface area contributed by atoms with Crippen molar-refractivity contribution in [3.63, 3.8) is 0 Å². The van der Waals surface area contributed by atoms with Gasteiger partial charge in [0.1, 0.15) is 0 Å². The number of hydrogen-bond donors (Lipinski definition) is 2. The predicted octanol–water partition coefficient (Wildman–Crippen LogP) is 2.80. The molecule has 5 nitrogen and oxygen atoms in total. The zero-order valence-corrected chi connectivity index (χ0v) is 14.2. The number of nitrogens with one attached hydrogen (secondary N) is 1. The van der Waals surface area contributed by atoms with Gasteiger partial charge in [0, 0.05) is 24.9 Å². The Hall–Kier alpha value is -0.910. The summed E-state index contributed by atoms with van der Waals surface area (Å²) < 4.78 is 0. The zero-order valence-electron chi connectivity index (χ0n) is 13.4. The normalized spacial score (nSPS) is 23.7. The molecule has 21 heavy (non-hydrogen) atoms. The molecule has 2 unspecified atom stereocenters. The highest BCUT2D eigenvalue weighted by molar-refractivity contribution is 7.98. The summed E-state index contributed by atoms with van der Waals surface area (Å²) in [4.78, 5) is 25.7. The molecule has 0 spiro atoms. The molecule has 0 bridgehead atoms. The Bertz CT molecular complexity index is 361. The summed E-state index contributed by atoms with van der Waals surface area (Å²) in [6.45, 7) is 5.03. The Labute approximate surface area is 131 Å². The second-order valence-electron chi connectivity index (χ2n) is 5.87. The standard InChI is InChI=1S/C15H28N2O3S/c1-4-7-15(13(18)19)8-6-9-17(11-15)14(20)16-12(5-2)10-21-3/h12H,4-11H2,1-3H3,(H,16,20)(H,18,19). The van der Waals surface area contributed by atoms with Crippen LogP contribution in [0.5, 0.6) is 0 Å². The quantitative estimate of drug-likeness (QED) is 0.758. The van der Waals surface area contributed by atoms with Crippen molar-refractivity contribution >= 4 is 23.8 Å². The molecule has 6 heteroatoms. The predicted molar refractivity (Wildman–Crippen MR) is 86.8 cm³/mol. The maximum Gasteiger partial charge on any atom is 0.317 e. The molecule has 1 saturated heterocycles. The highest BCUT2D eigenvalue weighted by Crippen LogP contribution is 2.35. The SMILES string of the molecule is CCCC1(C(=O)O)CCCN(C(=O)NC(CC)CSC)C1. The molecule has 2 amide bonds. The van der Waals surface area contributed by atoms with Crippen LogP contribution in [-0.4, -0.2) is 53.1 Å². The van der Waals surface area contributed by atoms with Crippen LogP contribution < -0.4 is 5.32 Å². The summed E-state index contributed by atoms with van der Waals surface area (Å²) in [5.74, 6) is 0.118. The minimum atomic E-state index is -0.766. The molecule has 0 aromatic rings. The van der Waals surface area contributed by atoms with Crippen LogP contribution in [0, 0.1) is 5.41 Å². The van der Waals surface area contributed by atoms with E-state index in [0.717, 1.165) is 25.0 Å². The first-order valence-electron chi connectivity index (χ1n) is 7.76. The van der Waals surface area contributed by atoms with Gasteiger partial charge < -0.3 is 15.3 Å². The molecule has 1 aliphatic heterocycles. The third-order valence-electron chi connectivity index (χ3n) is 4.23. The molecule has 0 aliphatic carbocycles. The number of amides is 2. The number of urea groups is 1. The Balaban J connectivity index is 2.70. The monoisotopic (exact) mass is 316 g/mol. The maximum atomic E-state index is 12.4. The van der Waals surface area contributed by atoms with Gasteiger partial charge in [-0.2, -0.15) is 11.8 Å². The molecular weight excluding hydrogens is 288 g/mol. The second-order valence-corrected chi connectivity index (χ2v) is 6.78. The number of aliphatic carboxylic acids is 1. The van der Waals surface area contributed by atoms with Crippen LogP contribution in [0.2, 0.25) is 0 Å². The number of carbonyl (C=O) groups is 2. The fourth-order valence-electron chi connectivity index (χ4n) is 3.00. The third kappa shape index (κ3) is 4.80. The summed E-state index contributed by atoms with van der Waals surface area (Å²) in [5, 5.41) is 12.6. The van der Waals surface area contributed by atoms with Gasteiger partial charge in [-0.05, 0) is 31.9 Å². The van der Waals surface area contributed by atoms with E-state index in [-0.39, 0.29) is 12.1 Å². The molecule has 0 aromatic carbocycles. The van der Waals surface area contributed by atoms with E-state index in [4.69, 9.17) is 0 Å². The van der Waals surface area contributed by atoms with E-state index < -0.39 is 11.4 Å². The van der Waals surface area contributed by atoms with Crippen molar-refractivity contribution in [3.05, 3.63) is 0 Å². The van der Waals surface area contributed by atoms with Gasteiger partial charge in [-0.25, -0.2) is 4.79 Å². The van der Waals surface area contributed by atoms with E-state index in [2.05, 4.69) is 12.2 Å². The zero-order chi connectivity index (χ0) is 15.9. The Kier molecular flexibility index (Phi) is 7.35. The maximum absolute atomic E-state index is 12.4. The first-order valence-corrected chi connectivity index (χ1v) is 9.16. The van der Waals surface area contributed by atoms with Crippen molar-refractivity contribution < 1.29 is 14.7 Å². The highest BCUT2D eigenvalue weighted by Gasteiger charge is 2.42. The van der Waals surface area contributed by atoms with Gasteiger partial charge >= 0.3 is 12.0 Å². The molecule has 2 N–H and O–H groups in total. The number of thioether (sulfide) groups is 1. The summed E-state index contributed by atoms with van der Waals surface area (Å²) in [6.07, 6.45) is 5.80. The first-order chi connectivity index (χ1) is 9.99. The molecule has 122 valence electrons. The van der Waals surface area contributed by atoms with Crippen LogP contribution in [0.3, 0.4) is 0 Å². The summed E-state index contributed by atoms with van der Waals surface area (Å²) in [5.41, 5.74) is -0.758. The molecular formula is C15H28N2O3S. The first kappa shape index (κ1) is 18.1. The fraction of sp³-hybridized carbons (Fsp3) is 0.867. The van der Waals surface area contributed by atoms with Gasteiger partial charge in [0.2, 0.25) is 0 Å². The van der Waals surface area contributed by atoms with Gasteiger partial charge in [-0.15, -0.1) is 0 Å². The van der Waals surface area contributed by atoms with Crippen LogP contribution in [0.1, 0.15) is 46.0 Å². The summed E-state index contributed by atoms with van der Waals surface area (Å²) in [6, 6.07) is 0.0390. The third-order valence-corrected chi connectivity index (χ3v) is 4.97. The second kappa shape index (κ2) is 8.51. The number of carboxylic acid groups (broad SMARTS) is 1. The number of carbonyl (C=O) groups excluding carboxylic acids is 1. The lowest BCUT2D eigenvalue weighted by Gasteiger charge is -2.40. The smallest absolute Gasteiger partial charge is 0.317 e. The lowest BCUT2D eigenvalue weighted by Crippen LogP contribution is -2.54. The lowest BCUT2D eigenvalue weighted by atomic mass is 9.76. The van der Waals surface area contributed by atoms with Crippen molar-refractivity contribution in [2.24, 2.45) is 5.41 Å². The fourth-order valence-corrected chi connectivity index (χ4v) is 3.72. The van der Waals surface area contributed by atoms with E-state index in [9.17, 15) is 14.7 Å². The number of nitrogens with zero attached hydrogens (tertiary/aromatic N) is 1. The van der Waals surface area contributed by atoms with E-state index in [1.54, 1.807) is 16.7 Å². The number of likely N-dealkylation sites (tertiary alicyclic amines) is 1. The highest BCUT2D eigenvalue weighted by atomic mass is 32.2. The van der Waals surface area contributed by atoms with Crippen molar-refractivity contribution in [2.75, 3.05) is 25.1 Å². The number of carboxylic acids is 1. The van der Waals surface area contributed by atoms with Crippen molar-refractivity contribution in [2.45, 2.75) is 52.0 Å². The Morgan fingerprint density at radius 1 is 1.43 bits per heavy atom. The van der Waals surface area contributed by atoms with Crippen LogP contribution in [0.15, 0.2) is 0 Å². The number of hydrogen-bond acceptors (Lipinski definition) is 3. The van der Waals surface area contributed by atoms with Crippen molar-refractivity contribution in [1.29, 1.82) is 0 Å². The minimum absolute atomic E-state index is 0.114. The van der Waals surface area contributed by atoms with E-state index in [1.807, 2.05) is 13.2 Å². The number of piperidine rings is 1. The van der Waals surface area contributed by atoms with Crippen LogP contribution in [-0.2, 0) is 4.79 Å². The van der Waals surface area contributed by atoms with Crippen molar-refractivity contribution in [3.8, 4) is 0 Å². The summed E-state index contributed by atoms with van der Waals surface area (Å²) in [7, 11) is 0. The van der Waals surface area contributed by atoms with Gasteiger partial charge in [0.15, 0.2) is 0 Å². The average Bonchev–Trinajstić information content (AvgIpc) is 2.47. The molecule has 0 aromatic heterocycles. The van der Waals surface area contributed by atoms with E-state index in [1.165, 1.54) is 0 Å². The number of rotatable bonds is 7. The Morgan fingerprint density at radius 2 is 2.14 bits per heavy atom. The van der Waals surface area contributed by atoms with Crippen LogP contribution in [0.25, 0.3) is 0 Å². The van der Waals surface area contributed by atoms with Crippen molar-refractivity contribution in [1.82, 2.24) is 10.2 Å². The van der Waals surface area contributed by atoms with Crippen LogP contribution in [0.4, 0.5) is 4.79 Å². The van der Waals surface area contributed by atoms with Gasteiger partial charge in [0.05, 0.1) is 5.41 Å².